The minimum Gasteiger partial charge on any atom is -0.318 e. The minimum absolute atomic E-state index is 0.298. The molecule has 0 aliphatic rings. The van der Waals surface area contributed by atoms with E-state index in [0.29, 0.717) is 17.0 Å². The second-order valence-corrected chi connectivity index (χ2v) is 5.95. The number of hydrogen-bond donors (Lipinski definition) is 1. The highest BCUT2D eigenvalue weighted by Crippen LogP contribution is 2.21. The van der Waals surface area contributed by atoms with Gasteiger partial charge in [0.25, 0.3) is 5.91 Å². The van der Waals surface area contributed by atoms with Crippen molar-refractivity contribution in [1.29, 1.82) is 0 Å². The number of rotatable bonds is 4. The van der Waals surface area contributed by atoms with Gasteiger partial charge >= 0.3 is 0 Å². The summed E-state index contributed by atoms with van der Waals surface area (Å²) < 4.78 is 15.1. The van der Waals surface area contributed by atoms with Crippen LogP contribution >= 0.6 is 0 Å². The number of aromatic nitrogens is 2. The van der Waals surface area contributed by atoms with E-state index in [2.05, 4.69) is 15.5 Å². The van der Waals surface area contributed by atoms with Crippen molar-refractivity contribution in [2.75, 3.05) is 0 Å². The Bertz CT molecular complexity index is 959. The highest BCUT2D eigenvalue weighted by molar-refractivity contribution is 6.00. The van der Waals surface area contributed by atoms with E-state index in [1.165, 1.54) is 12.1 Å². The molecule has 2 heterocycles. The Labute approximate surface area is 151 Å². The number of pyridine rings is 1. The third-order valence-electron chi connectivity index (χ3n) is 4.12. The molecule has 0 saturated heterocycles. The number of halogens is 1. The molecule has 0 saturated carbocycles. The first kappa shape index (κ1) is 17.5. The summed E-state index contributed by atoms with van der Waals surface area (Å²) in [5.41, 5.74) is 6.85. The average molecular weight is 350 g/mol. The first-order valence-electron chi connectivity index (χ1n) is 8.18. The lowest BCUT2D eigenvalue weighted by Gasteiger charge is -2.09. The maximum Gasteiger partial charge on any atom is 0.273 e. The predicted octanol–water partition coefficient (Wildman–Crippen LogP) is 3.78. The van der Waals surface area contributed by atoms with Crippen LogP contribution in [0.2, 0.25) is 0 Å². The Hall–Kier alpha value is -3.28. The van der Waals surface area contributed by atoms with E-state index < -0.39 is 0 Å². The van der Waals surface area contributed by atoms with Crippen LogP contribution in [0.15, 0.2) is 59.8 Å². The molecule has 0 aliphatic carbocycles. The van der Waals surface area contributed by atoms with E-state index in [0.717, 1.165) is 17.1 Å². The van der Waals surface area contributed by atoms with Gasteiger partial charge in [-0.05, 0) is 63.2 Å². The van der Waals surface area contributed by atoms with Gasteiger partial charge < -0.3 is 4.57 Å². The first-order valence-corrected chi connectivity index (χ1v) is 8.18. The Morgan fingerprint density at radius 3 is 2.54 bits per heavy atom. The van der Waals surface area contributed by atoms with Gasteiger partial charge in [0, 0.05) is 23.3 Å². The van der Waals surface area contributed by atoms with Crippen LogP contribution < -0.4 is 5.43 Å². The number of nitrogens with zero attached hydrogens (tertiary/aromatic N) is 3. The summed E-state index contributed by atoms with van der Waals surface area (Å²) in [7, 11) is 0. The van der Waals surface area contributed by atoms with Gasteiger partial charge in [0.05, 0.1) is 17.0 Å². The number of hydrogen-bond acceptors (Lipinski definition) is 3. The predicted molar refractivity (Wildman–Crippen MR) is 99.1 cm³/mol. The molecule has 6 heteroatoms. The van der Waals surface area contributed by atoms with Crippen LogP contribution in [0.25, 0.3) is 5.69 Å². The Morgan fingerprint density at radius 1 is 1.15 bits per heavy atom. The molecule has 0 unspecified atom stereocenters. The van der Waals surface area contributed by atoms with E-state index in [-0.39, 0.29) is 11.7 Å². The fourth-order valence-corrected chi connectivity index (χ4v) is 2.81. The van der Waals surface area contributed by atoms with Gasteiger partial charge in [-0.1, -0.05) is 6.07 Å². The SMILES string of the molecule is CC(=NNC(=O)c1cc(C)n(-c2ccc(F)cc2)c1C)c1ccccn1. The molecular weight excluding hydrogens is 331 g/mol. The van der Waals surface area contributed by atoms with Crippen LogP contribution in [0.1, 0.15) is 34.4 Å². The number of carbonyl (C=O) groups is 1. The van der Waals surface area contributed by atoms with Crippen molar-refractivity contribution < 1.29 is 9.18 Å². The average Bonchev–Trinajstić information content (AvgIpc) is 2.95. The van der Waals surface area contributed by atoms with Crippen LogP contribution in [0.4, 0.5) is 4.39 Å². The molecular formula is C20H19FN4O. The summed E-state index contributed by atoms with van der Waals surface area (Å²) in [5.74, 6) is -0.602. The largest absolute Gasteiger partial charge is 0.318 e. The standard InChI is InChI=1S/C20H19FN4O/c1-13-12-18(15(3)25(13)17-9-7-16(21)8-10-17)20(26)24-23-14(2)19-6-4-5-11-22-19/h4-12H,1-3H3,(H,24,26). The van der Waals surface area contributed by atoms with Crippen LogP contribution in [-0.4, -0.2) is 21.2 Å². The molecule has 26 heavy (non-hydrogen) atoms. The van der Waals surface area contributed by atoms with Crippen molar-refractivity contribution in [3.8, 4) is 5.69 Å². The molecule has 1 aromatic carbocycles. The normalized spacial score (nSPS) is 11.5. The summed E-state index contributed by atoms with van der Waals surface area (Å²) in [6, 6.07) is 13.5. The van der Waals surface area contributed by atoms with Gasteiger partial charge in [0.15, 0.2) is 0 Å². The fraction of sp³-hybridized carbons (Fsp3) is 0.150. The molecule has 1 N–H and O–H groups in total. The van der Waals surface area contributed by atoms with Crippen LogP contribution in [0.3, 0.4) is 0 Å². The molecule has 1 amide bonds. The molecule has 3 aromatic rings. The quantitative estimate of drug-likeness (QED) is 0.575. The maximum absolute atomic E-state index is 13.2. The highest BCUT2D eigenvalue weighted by atomic mass is 19.1. The van der Waals surface area contributed by atoms with Gasteiger partial charge in [-0.15, -0.1) is 0 Å². The molecule has 0 aliphatic heterocycles. The molecule has 0 spiro atoms. The van der Waals surface area contributed by atoms with Gasteiger partial charge in [0.2, 0.25) is 0 Å². The van der Waals surface area contributed by atoms with Crippen LogP contribution in [0.5, 0.6) is 0 Å². The summed E-state index contributed by atoms with van der Waals surface area (Å²) in [4.78, 5) is 16.7. The van der Waals surface area contributed by atoms with Gasteiger partial charge in [-0.3, -0.25) is 9.78 Å². The molecule has 0 radical (unpaired) electrons. The fourth-order valence-electron chi connectivity index (χ4n) is 2.81. The lowest BCUT2D eigenvalue weighted by atomic mass is 10.2. The lowest BCUT2D eigenvalue weighted by molar-refractivity contribution is 0.0954. The van der Waals surface area contributed by atoms with Crippen LogP contribution in [0, 0.1) is 19.7 Å². The summed E-state index contributed by atoms with van der Waals surface area (Å²) in [6.07, 6.45) is 1.67. The van der Waals surface area contributed by atoms with Gasteiger partial charge in [-0.2, -0.15) is 5.10 Å². The smallest absolute Gasteiger partial charge is 0.273 e. The summed E-state index contributed by atoms with van der Waals surface area (Å²) in [5, 5.41) is 4.13. The number of aryl methyl sites for hydroxylation is 1. The zero-order valence-electron chi connectivity index (χ0n) is 14.8. The third kappa shape index (κ3) is 3.54. The van der Waals surface area contributed by atoms with Gasteiger partial charge in [0.1, 0.15) is 5.82 Å². The van der Waals surface area contributed by atoms with E-state index in [1.54, 1.807) is 31.3 Å². The monoisotopic (exact) mass is 350 g/mol. The van der Waals surface area contributed by atoms with E-state index >= 15 is 0 Å². The molecule has 132 valence electrons. The Morgan fingerprint density at radius 2 is 1.88 bits per heavy atom. The number of benzene rings is 1. The number of hydrazone groups is 1. The molecule has 2 aromatic heterocycles. The van der Waals surface area contributed by atoms with E-state index in [9.17, 15) is 9.18 Å². The first-order chi connectivity index (χ1) is 12.5. The molecule has 0 fully saturated rings. The van der Waals surface area contributed by atoms with Crippen molar-refractivity contribution in [2.45, 2.75) is 20.8 Å². The second-order valence-electron chi connectivity index (χ2n) is 5.95. The number of nitrogens with one attached hydrogen (secondary N) is 1. The zero-order valence-corrected chi connectivity index (χ0v) is 14.8. The Kier molecular flexibility index (Phi) is 4.93. The van der Waals surface area contributed by atoms with Crippen molar-refractivity contribution in [1.82, 2.24) is 15.0 Å². The highest BCUT2D eigenvalue weighted by Gasteiger charge is 2.16. The molecule has 0 bridgehead atoms. The van der Waals surface area contributed by atoms with Crippen LogP contribution in [-0.2, 0) is 0 Å². The molecule has 3 rings (SSSR count). The number of carbonyl (C=O) groups excluding carboxylic acids is 1. The minimum atomic E-state index is -0.304. The zero-order chi connectivity index (χ0) is 18.7. The second kappa shape index (κ2) is 7.31. The number of amides is 1. The van der Waals surface area contributed by atoms with Crippen molar-refractivity contribution in [3.05, 3.63) is 83.2 Å². The lowest BCUT2D eigenvalue weighted by Crippen LogP contribution is -2.20. The van der Waals surface area contributed by atoms with Gasteiger partial charge in [-0.25, -0.2) is 9.82 Å². The molecule has 0 atom stereocenters. The van der Waals surface area contributed by atoms with E-state index in [1.807, 2.05) is 36.6 Å². The third-order valence-corrected chi connectivity index (χ3v) is 4.12. The Balaban J connectivity index is 1.85. The van der Waals surface area contributed by atoms with E-state index in [4.69, 9.17) is 0 Å². The maximum atomic E-state index is 13.2. The van der Waals surface area contributed by atoms with Crippen molar-refractivity contribution in [2.24, 2.45) is 5.10 Å². The van der Waals surface area contributed by atoms with Crippen molar-refractivity contribution in [3.63, 3.8) is 0 Å². The molecule has 5 nitrogen and oxygen atoms in total. The summed E-state index contributed by atoms with van der Waals surface area (Å²) >= 11 is 0. The summed E-state index contributed by atoms with van der Waals surface area (Å²) in [6.45, 7) is 5.53. The van der Waals surface area contributed by atoms with Crippen molar-refractivity contribution >= 4 is 11.6 Å². The topological polar surface area (TPSA) is 59.3 Å².